The first-order valence-corrected chi connectivity index (χ1v) is 11.7. The number of alkyl halides is 3. The van der Waals surface area contributed by atoms with Crippen molar-refractivity contribution < 1.29 is 21.6 Å². The molecule has 0 saturated carbocycles. The molecular weight excluding hydrogens is 431 g/mol. The Kier molecular flexibility index (Phi) is 5.65. The molecule has 31 heavy (non-hydrogen) atoms. The van der Waals surface area contributed by atoms with Gasteiger partial charge in [0.25, 0.3) is 0 Å². The van der Waals surface area contributed by atoms with Gasteiger partial charge in [-0.25, -0.2) is 18.4 Å². The minimum atomic E-state index is -4.64. The van der Waals surface area contributed by atoms with E-state index in [0.29, 0.717) is 17.4 Å². The molecule has 11 heteroatoms. The highest BCUT2D eigenvalue weighted by atomic mass is 32.2. The van der Waals surface area contributed by atoms with Gasteiger partial charge in [-0.1, -0.05) is 12.5 Å². The number of hydrogen-bond acceptors (Lipinski definition) is 6. The number of aromatic amines is 1. The summed E-state index contributed by atoms with van der Waals surface area (Å²) < 4.78 is 64.7. The van der Waals surface area contributed by atoms with E-state index in [9.17, 15) is 21.6 Å². The number of sulfone groups is 1. The van der Waals surface area contributed by atoms with E-state index in [2.05, 4.69) is 25.6 Å². The fourth-order valence-corrected chi connectivity index (χ4v) is 4.37. The van der Waals surface area contributed by atoms with Crippen molar-refractivity contribution in [3.63, 3.8) is 0 Å². The molecule has 0 unspecified atom stereocenters. The summed E-state index contributed by atoms with van der Waals surface area (Å²) in [5.41, 5.74) is -0.575. The highest BCUT2D eigenvalue weighted by Gasteiger charge is 2.36. The second-order valence-corrected chi connectivity index (χ2v) is 9.69. The summed E-state index contributed by atoms with van der Waals surface area (Å²) in [6.45, 7) is 1.59. The third-order valence-electron chi connectivity index (χ3n) is 5.31. The number of H-pyrrole nitrogens is 1. The van der Waals surface area contributed by atoms with Crippen molar-refractivity contribution >= 4 is 26.7 Å². The van der Waals surface area contributed by atoms with Crippen LogP contribution >= 0.6 is 0 Å². The Morgan fingerprint density at radius 3 is 2.77 bits per heavy atom. The molecule has 0 spiro atoms. The number of rotatable bonds is 4. The van der Waals surface area contributed by atoms with Crippen molar-refractivity contribution in [2.45, 2.75) is 36.4 Å². The topological polar surface area (TPSA) is 99.8 Å². The van der Waals surface area contributed by atoms with Crippen molar-refractivity contribution in [3.8, 4) is 11.3 Å². The average Bonchev–Trinajstić information content (AvgIpc) is 2.95. The van der Waals surface area contributed by atoms with Crippen LogP contribution in [0.3, 0.4) is 0 Å². The smallest absolute Gasteiger partial charge is 0.360 e. The average molecular weight is 453 g/mol. The molecule has 1 aromatic carbocycles. The van der Waals surface area contributed by atoms with Crippen LogP contribution in [0.5, 0.6) is 0 Å². The number of fused-ring (bicyclic) bond motifs is 1. The van der Waals surface area contributed by atoms with Crippen molar-refractivity contribution in [2.75, 3.05) is 24.7 Å². The van der Waals surface area contributed by atoms with E-state index >= 15 is 0 Å². The third-order valence-corrected chi connectivity index (χ3v) is 6.42. The standard InChI is InChI=1S/C20H22F3N5O2S/c1-31(29,30)13-5-6-14-15(10-25-17(14)8-13)18-16(20(21,22)23)11-26-19(28-18)27-12-4-2-3-7-24-9-12/h5-6,8,10-12,24-25H,2-4,7,9H2,1H3,(H,26,27,28)/t12-/m0/s1. The van der Waals surface area contributed by atoms with Crippen LogP contribution < -0.4 is 10.6 Å². The van der Waals surface area contributed by atoms with Crippen LogP contribution in [0.4, 0.5) is 19.1 Å². The van der Waals surface area contributed by atoms with E-state index < -0.39 is 21.6 Å². The number of anilines is 1. The number of nitrogens with one attached hydrogen (secondary N) is 3. The molecule has 0 bridgehead atoms. The zero-order valence-electron chi connectivity index (χ0n) is 16.8. The third kappa shape index (κ3) is 4.67. The molecule has 1 aliphatic heterocycles. The van der Waals surface area contributed by atoms with Gasteiger partial charge in [-0.2, -0.15) is 13.2 Å². The Morgan fingerprint density at radius 2 is 2.03 bits per heavy atom. The van der Waals surface area contributed by atoms with Gasteiger partial charge >= 0.3 is 6.18 Å². The fraction of sp³-hybridized carbons (Fsp3) is 0.400. The van der Waals surface area contributed by atoms with E-state index in [1.165, 1.54) is 24.4 Å². The van der Waals surface area contributed by atoms with E-state index in [0.717, 1.165) is 38.3 Å². The Labute approximate surface area is 177 Å². The molecule has 3 N–H and O–H groups in total. The zero-order chi connectivity index (χ0) is 22.2. The van der Waals surface area contributed by atoms with Crippen molar-refractivity contribution in [1.82, 2.24) is 20.3 Å². The normalized spacial score (nSPS) is 18.1. The highest BCUT2D eigenvalue weighted by molar-refractivity contribution is 7.90. The van der Waals surface area contributed by atoms with E-state index in [1.54, 1.807) is 0 Å². The lowest BCUT2D eigenvalue weighted by molar-refractivity contribution is -0.137. The Morgan fingerprint density at radius 1 is 1.23 bits per heavy atom. The van der Waals surface area contributed by atoms with Gasteiger partial charge in [-0.05, 0) is 31.5 Å². The van der Waals surface area contributed by atoms with Crippen molar-refractivity contribution in [2.24, 2.45) is 0 Å². The second-order valence-electron chi connectivity index (χ2n) is 7.68. The number of aromatic nitrogens is 3. The summed E-state index contributed by atoms with van der Waals surface area (Å²) >= 11 is 0. The summed E-state index contributed by atoms with van der Waals surface area (Å²) in [6, 6.07) is 4.29. The maximum atomic E-state index is 13.7. The Hall–Kier alpha value is -2.66. The highest BCUT2D eigenvalue weighted by Crippen LogP contribution is 2.39. The van der Waals surface area contributed by atoms with Gasteiger partial charge in [0.1, 0.15) is 5.56 Å². The molecule has 1 saturated heterocycles. The predicted molar refractivity (Wildman–Crippen MR) is 112 cm³/mol. The van der Waals surface area contributed by atoms with Crippen LogP contribution in [0.25, 0.3) is 22.2 Å². The van der Waals surface area contributed by atoms with Gasteiger partial charge in [0.05, 0.1) is 10.6 Å². The van der Waals surface area contributed by atoms with Crippen LogP contribution in [0, 0.1) is 0 Å². The minimum absolute atomic E-state index is 0.0207. The Bertz CT molecular complexity index is 1200. The lowest BCUT2D eigenvalue weighted by Crippen LogP contribution is -2.31. The molecule has 2 aromatic heterocycles. The van der Waals surface area contributed by atoms with Crippen molar-refractivity contribution in [3.05, 3.63) is 36.2 Å². The van der Waals surface area contributed by atoms with Crippen molar-refractivity contribution in [1.29, 1.82) is 0 Å². The lowest BCUT2D eigenvalue weighted by atomic mass is 10.1. The zero-order valence-corrected chi connectivity index (χ0v) is 17.6. The van der Waals surface area contributed by atoms with E-state index in [-0.39, 0.29) is 28.1 Å². The molecule has 4 rings (SSSR count). The Balaban J connectivity index is 1.78. The van der Waals surface area contributed by atoms with Gasteiger partial charge in [0.2, 0.25) is 5.95 Å². The molecule has 3 heterocycles. The lowest BCUT2D eigenvalue weighted by Gasteiger charge is -2.18. The van der Waals surface area contributed by atoms with Gasteiger partial charge in [0, 0.05) is 47.7 Å². The first-order chi connectivity index (χ1) is 14.6. The number of benzene rings is 1. The quantitative estimate of drug-likeness (QED) is 0.558. The molecular formula is C20H22F3N5O2S. The summed E-state index contributed by atoms with van der Waals surface area (Å²) in [7, 11) is -3.45. The van der Waals surface area contributed by atoms with Gasteiger partial charge in [-0.15, -0.1) is 0 Å². The van der Waals surface area contributed by atoms with Crippen LogP contribution in [0.15, 0.2) is 35.5 Å². The predicted octanol–water partition coefficient (Wildman–Crippen LogP) is 3.60. The molecule has 166 valence electrons. The first kappa shape index (κ1) is 21.6. The van der Waals surface area contributed by atoms with Crippen LogP contribution in [-0.4, -0.2) is 48.8 Å². The van der Waals surface area contributed by atoms with Gasteiger partial charge in [0.15, 0.2) is 9.84 Å². The maximum Gasteiger partial charge on any atom is 0.419 e. The number of hydrogen-bond donors (Lipinski definition) is 3. The minimum Gasteiger partial charge on any atom is -0.360 e. The summed E-state index contributed by atoms with van der Waals surface area (Å²) in [6.07, 6.45) is 1.54. The SMILES string of the molecule is CS(=O)(=O)c1ccc2c(-c3nc(N[C@H]4CCCCNC4)ncc3C(F)(F)F)c[nH]c2c1. The number of halogens is 3. The van der Waals surface area contributed by atoms with E-state index in [4.69, 9.17) is 0 Å². The van der Waals surface area contributed by atoms with Crippen LogP contribution in [0.2, 0.25) is 0 Å². The fourth-order valence-electron chi connectivity index (χ4n) is 3.72. The molecule has 1 aliphatic rings. The summed E-state index contributed by atoms with van der Waals surface area (Å²) in [5.74, 6) is 0.124. The second kappa shape index (κ2) is 8.12. The van der Waals surface area contributed by atoms with Crippen LogP contribution in [0.1, 0.15) is 24.8 Å². The van der Waals surface area contributed by atoms with Gasteiger partial charge < -0.3 is 15.6 Å². The summed E-state index contributed by atoms with van der Waals surface area (Å²) in [5, 5.41) is 6.87. The molecule has 1 atom stereocenters. The molecule has 0 aliphatic carbocycles. The first-order valence-electron chi connectivity index (χ1n) is 9.86. The van der Waals surface area contributed by atoms with E-state index in [1.807, 2.05) is 0 Å². The monoisotopic (exact) mass is 453 g/mol. The largest absolute Gasteiger partial charge is 0.419 e. The molecule has 7 nitrogen and oxygen atoms in total. The number of nitrogens with zero attached hydrogens (tertiary/aromatic N) is 2. The van der Waals surface area contributed by atoms with Gasteiger partial charge in [-0.3, -0.25) is 0 Å². The molecule has 0 amide bonds. The summed E-state index contributed by atoms with van der Waals surface area (Å²) in [4.78, 5) is 11.1. The molecule has 0 radical (unpaired) electrons. The maximum absolute atomic E-state index is 13.7. The molecule has 3 aromatic rings. The molecule has 1 fully saturated rings. The van der Waals surface area contributed by atoms with Crippen LogP contribution in [-0.2, 0) is 16.0 Å².